The zero-order valence-electron chi connectivity index (χ0n) is 11.9. The van der Waals surface area contributed by atoms with Crippen molar-refractivity contribution in [1.29, 1.82) is 0 Å². The Morgan fingerprint density at radius 3 is 2.62 bits per heavy atom. The highest BCUT2D eigenvalue weighted by Crippen LogP contribution is 2.33. The van der Waals surface area contributed by atoms with E-state index < -0.39 is 17.6 Å². The van der Waals surface area contributed by atoms with Gasteiger partial charge in [0.05, 0.1) is 11.1 Å². The number of halogens is 3. The Morgan fingerprint density at radius 2 is 2.00 bits per heavy atom. The number of amides is 1. The summed E-state index contributed by atoms with van der Waals surface area (Å²) in [5.41, 5.74) is 4.47. The molecule has 1 fully saturated rings. The van der Waals surface area contributed by atoms with Gasteiger partial charge in [-0.25, -0.2) is 0 Å². The fourth-order valence-corrected chi connectivity index (χ4v) is 2.73. The average Bonchev–Trinajstić information content (AvgIpc) is 2.46. The van der Waals surface area contributed by atoms with E-state index in [1.165, 1.54) is 23.1 Å². The Bertz CT molecular complexity index is 516. The van der Waals surface area contributed by atoms with Crippen LogP contribution in [0.3, 0.4) is 0 Å². The van der Waals surface area contributed by atoms with E-state index in [0.717, 1.165) is 18.9 Å². The van der Waals surface area contributed by atoms with Gasteiger partial charge in [0.25, 0.3) is 5.91 Å². The highest BCUT2D eigenvalue weighted by molar-refractivity contribution is 5.96. The van der Waals surface area contributed by atoms with Crippen molar-refractivity contribution in [2.45, 2.75) is 32.0 Å². The quantitative estimate of drug-likeness (QED) is 0.913. The lowest BCUT2D eigenvalue weighted by atomic mass is 9.92. The zero-order chi connectivity index (χ0) is 15.6. The minimum absolute atomic E-state index is 0.0680. The van der Waals surface area contributed by atoms with Crippen molar-refractivity contribution < 1.29 is 18.0 Å². The van der Waals surface area contributed by atoms with E-state index in [0.29, 0.717) is 13.1 Å². The molecule has 0 spiro atoms. The molecule has 1 aromatic rings. The number of carbonyl (C=O) groups excluding carboxylic acids is 1. The van der Waals surface area contributed by atoms with E-state index in [1.807, 2.05) is 6.92 Å². The third-order valence-electron chi connectivity index (χ3n) is 4.04. The van der Waals surface area contributed by atoms with Gasteiger partial charge in [0.2, 0.25) is 0 Å². The summed E-state index contributed by atoms with van der Waals surface area (Å²) in [4.78, 5) is 14.0. The van der Waals surface area contributed by atoms with Crippen molar-refractivity contribution in [3.8, 4) is 0 Å². The summed E-state index contributed by atoms with van der Waals surface area (Å²) in [7, 11) is 0. The van der Waals surface area contributed by atoms with Crippen molar-refractivity contribution in [2.75, 3.05) is 13.1 Å². The largest absolute Gasteiger partial charge is 0.417 e. The molecule has 2 atom stereocenters. The highest BCUT2D eigenvalue weighted by Gasteiger charge is 2.37. The maximum Gasteiger partial charge on any atom is 0.417 e. The number of nitrogens with zero attached hydrogens (tertiary/aromatic N) is 1. The molecular formula is C15H19F3N2O. The second-order valence-electron chi connectivity index (χ2n) is 5.53. The zero-order valence-corrected chi connectivity index (χ0v) is 11.9. The van der Waals surface area contributed by atoms with Crippen LogP contribution in [0.15, 0.2) is 24.3 Å². The maximum atomic E-state index is 13.0. The highest BCUT2D eigenvalue weighted by atomic mass is 19.4. The number of rotatable bonds is 2. The monoisotopic (exact) mass is 300 g/mol. The molecule has 0 aromatic heterocycles. The molecule has 1 heterocycles. The van der Waals surface area contributed by atoms with Crippen molar-refractivity contribution in [1.82, 2.24) is 4.90 Å². The van der Waals surface area contributed by atoms with Gasteiger partial charge in [0.1, 0.15) is 0 Å². The van der Waals surface area contributed by atoms with E-state index in [2.05, 4.69) is 0 Å². The maximum absolute atomic E-state index is 13.0. The second kappa shape index (κ2) is 6.05. The number of benzene rings is 1. The Hall–Kier alpha value is -1.56. The number of nitrogens with two attached hydrogens (primary N) is 1. The minimum atomic E-state index is -4.53. The van der Waals surface area contributed by atoms with Gasteiger partial charge in [-0.05, 0) is 44.4 Å². The molecular weight excluding hydrogens is 281 g/mol. The second-order valence-corrected chi connectivity index (χ2v) is 5.53. The summed E-state index contributed by atoms with van der Waals surface area (Å²) in [5, 5.41) is 0. The van der Waals surface area contributed by atoms with Crippen molar-refractivity contribution in [3.63, 3.8) is 0 Å². The van der Waals surface area contributed by atoms with Crippen LogP contribution in [0, 0.1) is 5.92 Å². The molecule has 1 aromatic carbocycles. The lowest BCUT2D eigenvalue weighted by Gasteiger charge is -2.38. The first-order chi connectivity index (χ1) is 9.84. The number of likely N-dealkylation sites (tertiary alicyclic amines) is 1. The first-order valence-electron chi connectivity index (χ1n) is 7.02. The van der Waals surface area contributed by atoms with E-state index in [1.54, 1.807) is 0 Å². The Morgan fingerprint density at radius 1 is 1.33 bits per heavy atom. The minimum Gasteiger partial charge on any atom is -0.336 e. The smallest absolute Gasteiger partial charge is 0.336 e. The molecule has 116 valence electrons. The van der Waals surface area contributed by atoms with Crippen LogP contribution < -0.4 is 5.73 Å². The molecule has 0 saturated carbocycles. The molecule has 1 amide bonds. The normalized spacial score (nSPS) is 23.2. The first kappa shape index (κ1) is 15.8. The van der Waals surface area contributed by atoms with Gasteiger partial charge in [0, 0.05) is 12.6 Å². The summed E-state index contributed by atoms with van der Waals surface area (Å²) < 4.78 is 39.1. The SMILES string of the molecule is CC1CCC(CN)CN1C(=O)c1ccccc1C(F)(F)F. The van der Waals surface area contributed by atoms with E-state index in [-0.39, 0.29) is 17.5 Å². The third kappa shape index (κ3) is 3.37. The van der Waals surface area contributed by atoms with Gasteiger partial charge in [-0.2, -0.15) is 13.2 Å². The van der Waals surface area contributed by atoms with Gasteiger partial charge in [-0.15, -0.1) is 0 Å². The van der Waals surface area contributed by atoms with Crippen molar-refractivity contribution in [3.05, 3.63) is 35.4 Å². The predicted molar refractivity (Wildman–Crippen MR) is 73.7 cm³/mol. The number of hydrogen-bond acceptors (Lipinski definition) is 2. The van der Waals surface area contributed by atoms with Crippen LogP contribution in [0.1, 0.15) is 35.7 Å². The van der Waals surface area contributed by atoms with Crippen LogP contribution in [0.25, 0.3) is 0 Å². The number of alkyl halides is 3. The van der Waals surface area contributed by atoms with Crippen LogP contribution in [-0.2, 0) is 6.18 Å². The summed E-state index contributed by atoms with van der Waals surface area (Å²) >= 11 is 0. The number of hydrogen-bond donors (Lipinski definition) is 1. The van der Waals surface area contributed by atoms with Crippen LogP contribution >= 0.6 is 0 Å². The average molecular weight is 300 g/mol. The topological polar surface area (TPSA) is 46.3 Å². The van der Waals surface area contributed by atoms with Crippen LogP contribution in [0.5, 0.6) is 0 Å². The summed E-state index contributed by atoms with van der Waals surface area (Å²) in [6.07, 6.45) is -2.86. The van der Waals surface area contributed by atoms with E-state index in [4.69, 9.17) is 5.73 Å². The molecule has 0 radical (unpaired) electrons. The third-order valence-corrected chi connectivity index (χ3v) is 4.04. The Labute approximate surface area is 121 Å². The molecule has 1 aliphatic rings. The molecule has 2 unspecified atom stereocenters. The lowest BCUT2D eigenvalue weighted by Crippen LogP contribution is -2.47. The van der Waals surface area contributed by atoms with Gasteiger partial charge in [-0.1, -0.05) is 12.1 Å². The van der Waals surface area contributed by atoms with Gasteiger partial charge in [0.15, 0.2) is 0 Å². The van der Waals surface area contributed by atoms with Gasteiger partial charge >= 0.3 is 6.18 Å². The fraction of sp³-hybridized carbons (Fsp3) is 0.533. The van der Waals surface area contributed by atoms with Crippen molar-refractivity contribution in [2.24, 2.45) is 11.7 Å². The molecule has 1 aliphatic heterocycles. The van der Waals surface area contributed by atoms with Crippen LogP contribution in [0.4, 0.5) is 13.2 Å². The van der Waals surface area contributed by atoms with Gasteiger partial charge in [-0.3, -0.25) is 4.79 Å². The fourth-order valence-electron chi connectivity index (χ4n) is 2.73. The standard InChI is InChI=1S/C15H19F3N2O/c1-10-6-7-11(8-19)9-20(10)14(21)12-4-2-3-5-13(12)15(16,17)18/h2-5,10-11H,6-9,19H2,1H3. The van der Waals surface area contributed by atoms with Gasteiger partial charge < -0.3 is 10.6 Å². The Balaban J connectivity index is 2.31. The summed E-state index contributed by atoms with van der Waals surface area (Å²) in [6.45, 7) is 2.72. The molecule has 3 nitrogen and oxygen atoms in total. The molecule has 2 N–H and O–H groups in total. The molecule has 2 rings (SSSR count). The van der Waals surface area contributed by atoms with E-state index in [9.17, 15) is 18.0 Å². The molecule has 21 heavy (non-hydrogen) atoms. The summed E-state index contributed by atoms with van der Waals surface area (Å²) in [6, 6.07) is 4.87. The summed E-state index contributed by atoms with van der Waals surface area (Å²) in [5.74, 6) is -0.406. The molecule has 6 heteroatoms. The molecule has 0 aliphatic carbocycles. The number of piperidine rings is 1. The first-order valence-corrected chi connectivity index (χ1v) is 7.02. The molecule has 1 saturated heterocycles. The molecule has 0 bridgehead atoms. The van der Waals surface area contributed by atoms with Crippen LogP contribution in [0.2, 0.25) is 0 Å². The number of carbonyl (C=O) groups is 1. The predicted octanol–water partition coefficient (Wildman–Crippen LogP) is 2.90. The van der Waals surface area contributed by atoms with Crippen LogP contribution in [-0.4, -0.2) is 29.9 Å². The van der Waals surface area contributed by atoms with E-state index >= 15 is 0 Å². The van der Waals surface area contributed by atoms with Crippen molar-refractivity contribution >= 4 is 5.91 Å². The lowest BCUT2D eigenvalue weighted by molar-refractivity contribution is -0.138. The Kier molecular flexibility index (Phi) is 4.56.